The van der Waals surface area contributed by atoms with Crippen molar-refractivity contribution in [2.45, 2.75) is 19.5 Å². The zero-order valence-electron chi connectivity index (χ0n) is 16.1. The SMILES string of the molecule is O=C(Cc1ccccc1Cl)NCc1nn(Cc2cccnc2)c(=O)c2ccccc12. The van der Waals surface area contributed by atoms with Crippen LogP contribution in [-0.2, 0) is 24.3 Å². The highest BCUT2D eigenvalue weighted by atomic mass is 35.5. The molecule has 0 saturated carbocycles. The molecule has 1 amide bonds. The Balaban J connectivity index is 1.60. The molecule has 1 N–H and O–H groups in total. The predicted molar refractivity (Wildman–Crippen MR) is 116 cm³/mol. The minimum atomic E-state index is -0.180. The number of hydrogen-bond donors (Lipinski definition) is 1. The van der Waals surface area contributed by atoms with Crippen molar-refractivity contribution in [3.8, 4) is 0 Å². The van der Waals surface area contributed by atoms with Crippen LogP contribution < -0.4 is 10.9 Å². The molecule has 0 fully saturated rings. The number of carbonyl (C=O) groups excluding carboxylic acids is 1. The number of carbonyl (C=O) groups is 1. The van der Waals surface area contributed by atoms with Crippen LogP contribution in [-0.4, -0.2) is 20.7 Å². The lowest BCUT2D eigenvalue weighted by atomic mass is 10.1. The quantitative estimate of drug-likeness (QED) is 0.521. The van der Waals surface area contributed by atoms with Gasteiger partial charge in [0, 0.05) is 22.8 Å². The molecule has 0 unspecified atom stereocenters. The minimum Gasteiger partial charge on any atom is -0.350 e. The van der Waals surface area contributed by atoms with E-state index in [2.05, 4.69) is 15.4 Å². The Labute approximate surface area is 178 Å². The second-order valence-corrected chi connectivity index (χ2v) is 7.27. The molecule has 0 saturated heterocycles. The van der Waals surface area contributed by atoms with Crippen LogP contribution in [0.5, 0.6) is 0 Å². The second kappa shape index (κ2) is 8.88. The van der Waals surface area contributed by atoms with Gasteiger partial charge in [-0.3, -0.25) is 14.6 Å². The van der Waals surface area contributed by atoms with Gasteiger partial charge in [-0.25, -0.2) is 4.68 Å². The standard InChI is InChI=1S/C23H19ClN4O2/c24-20-10-4-1-7-17(20)12-22(29)26-14-21-18-8-2-3-9-19(18)23(30)28(27-21)15-16-6-5-11-25-13-16/h1-11,13H,12,14-15H2,(H,26,29). The van der Waals surface area contributed by atoms with E-state index < -0.39 is 0 Å². The summed E-state index contributed by atoms with van der Waals surface area (Å²) in [5.41, 5.74) is 2.08. The van der Waals surface area contributed by atoms with Crippen LogP contribution in [0.3, 0.4) is 0 Å². The zero-order valence-corrected chi connectivity index (χ0v) is 16.8. The summed E-state index contributed by atoms with van der Waals surface area (Å²) in [7, 11) is 0. The number of rotatable bonds is 6. The normalized spacial score (nSPS) is 10.8. The molecule has 30 heavy (non-hydrogen) atoms. The van der Waals surface area contributed by atoms with Crippen LogP contribution in [0.15, 0.2) is 77.9 Å². The number of pyridine rings is 1. The van der Waals surface area contributed by atoms with Gasteiger partial charge in [0.15, 0.2) is 0 Å². The van der Waals surface area contributed by atoms with E-state index in [9.17, 15) is 9.59 Å². The number of benzene rings is 2. The number of amides is 1. The van der Waals surface area contributed by atoms with Gasteiger partial charge in [-0.15, -0.1) is 0 Å². The lowest BCUT2D eigenvalue weighted by Gasteiger charge is -2.12. The number of nitrogens with zero attached hydrogens (tertiary/aromatic N) is 3. The number of nitrogens with one attached hydrogen (secondary N) is 1. The molecular weight excluding hydrogens is 400 g/mol. The van der Waals surface area contributed by atoms with Crippen LogP contribution in [0.2, 0.25) is 5.02 Å². The van der Waals surface area contributed by atoms with Gasteiger partial charge in [0.05, 0.1) is 30.6 Å². The molecule has 2 heterocycles. The molecule has 4 rings (SSSR count). The van der Waals surface area contributed by atoms with E-state index in [1.165, 1.54) is 4.68 Å². The molecule has 0 aliphatic heterocycles. The molecule has 2 aromatic heterocycles. The van der Waals surface area contributed by atoms with E-state index in [0.717, 1.165) is 16.5 Å². The van der Waals surface area contributed by atoms with E-state index in [1.807, 2.05) is 48.5 Å². The molecule has 0 bridgehead atoms. The molecule has 2 aromatic carbocycles. The van der Waals surface area contributed by atoms with Gasteiger partial charge in [-0.05, 0) is 29.3 Å². The largest absolute Gasteiger partial charge is 0.350 e. The van der Waals surface area contributed by atoms with E-state index in [1.54, 1.807) is 24.5 Å². The molecular formula is C23H19ClN4O2. The highest BCUT2D eigenvalue weighted by Gasteiger charge is 2.13. The summed E-state index contributed by atoms with van der Waals surface area (Å²) >= 11 is 6.14. The van der Waals surface area contributed by atoms with Crippen LogP contribution in [0.1, 0.15) is 16.8 Å². The first kappa shape index (κ1) is 19.8. The van der Waals surface area contributed by atoms with Crippen molar-refractivity contribution < 1.29 is 4.79 Å². The monoisotopic (exact) mass is 418 g/mol. The fraction of sp³-hybridized carbons (Fsp3) is 0.130. The molecule has 4 aromatic rings. The molecule has 0 atom stereocenters. The Morgan fingerprint density at radius 2 is 1.77 bits per heavy atom. The zero-order chi connectivity index (χ0) is 20.9. The maximum atomic E-state index is 12.9. The van der Waals surface area contributed by atoms with E-state index in [0.29, 0.717) is 22.6 Å². The number of hydrogen-bond acceptors (Lipinski definition) is 4. The summed E-state index contributed by atoms with van der Waals surface area (Å²) in [5, 5.41) is 9.26. The van der Waals surface area contributed by atoms with Crippen molar-refractivity contribution in [1.82, 2.24) is 20.1 Å². The van der Waals surface area contributed by atoms with Gasteiger partial charge in [-0.2, -0.15) is 5.10 Å². The van der Waals surface area contributed by atoms with Gasteiger partial charge in [0.25, 0.3) is 5.56 Å². The van der Waals surface area contributed by atoms with Crippen molar-refractivity contribution >= 4 is 28.3 Å². The molecule has 150 valence electrons. The van der Waals surface area contributed by atoms with Gasteiger partial charge in [0.1, 0.15) is 0 Å². The van der Waals surface area contributed by atoms with Gasteiger partial charge >= 0.3 is 0 Å². The second-order valence-electron chi connectivity index (χ2n) is 6.86. The fourth-order valence-corrected chi connectivity index (χ4v) is 3.47. The van der Waals surface area contributed by atoms with Gasteiger partial charge in [0.2, 0.25) is 5.91 Å². The third kappa shape index (κ3) is 4.39. The molecule has 0 aliphatic carbocycles. The summed E-state index contributed by atoms with van der Waals surface area (Å²) in [6, 6.07) is 18.2. The molecule has 0 spiro atoms. The Kier molecular flexibility index (Phi) is 5.86. The summed E-state index contributed by atoms with van der Waals surface area (Å²) in [6.45, 7) is 0.509. The van der Waals surface area contributed by atoms with Crippen LogP contribution in [0.25, 0.3) is 10.8 Å². The average molecular weight is 419 g/mol. The Morgan fingerprint density at radius 1 is 1.00 bits per heavy atom. The fourth-order valence-electron chi connectivity index (χ4n) is 3.27. The number of halogens is 1. The number of aromatic nitrogens is 3. The molecule has 7 heteroatoms. The van der Waals surface area contributed by atoms with Crippen molar-refractivity contribution in [3.63, 3.8) is 0 Å². The van der Waals surface area contributed by atoms with Crippen LogP contribution >= 0.6 is 11.6 Å². The van der Waals surface area contributed by atoms with Gasteiger partial charge < -0.3 is 5.32 Å². The minimum absolute atomic E-state index is 0.168. The van der Waals surface area contributed by atoms with E-state index in [-0.39, 0.29) is 24.4 Å². The van der Waals surface area contributed by atoms with Crippen molar-refractivity contribution in [2.75, 3.05) is 0 Å². The first-order valence-electron chi connectivity index (χ1n) is 9.49. The molecule has 6 nitrogen and oxygen atoms in total. The highest BCUT2D eigenvalue weighted by molar-refractivity contribution is 6.31. The highest BCUT2D eigenvalue weighted by Crippen LogP contribution is 2.16. The summed E-state index contributed by atoms with van der Waals surface area (Å²) in [4.78, 5) is 29.4. The predicted octanol–water partition coefficient (Wildman–Crippen LogP) is 3.35. The number of fused-ring (bicyclic) bond motifs is 1. The van der Waals surface area contributed by atoms with E-state index in [4.69, 9.17) is 11.6 Å². The molecule has 0 aliphatic rings. The Hall–Kier alpha value is -3.51. The third-order valence-electron chi connectivity index (χ3n) is 4.76. The van der Waals surface area contributed by atoms with Crippen LogP contribution in [0, 0.1) is 0 Å². The summed E-state index contributed by atoms with van der Waals surface area (Å²) in [6.07, 6.45) is 3.56. The lowest BCUT2D eigenvalue weighted by Crippen LogP contribution is -2.29. The van der Waals surface area contributed by atoms with Crippen molar-refractivity contribution in [2.24, 2.45) is 0 Å². The third-order valence-corrected chi connectivity index (χ3v) is 5.13. The summed E-state index contributed by atoms with van der Waals surface area (Å²) in [5.74, 6) is -0.168. The van der Waals surface area contributed by atoms with Crippen molar-refractivity contribution in [3.05, 3.63) is 105 Å². The smallest absolute Gasteiger partial charge is 0.274 e. The average Bonchev–Trinajstić information content (AvgIpc) is 2.77. The molecule has 0 radical (unpaired) electrons. The lowest BCUT2D eigenvalue weighted by molar-refractivity contribution is -0.120. The first-order valence-corrected chi connectivity index (χ1v) is 9.87. The Morgan fingerprint density at radius 3 is 2.53 bits per heavy atom. The summed E-state index contributed by atoms with van der Waals surface area (Å²) < 4.78 is 1.41. The van der Waals surface area contributed by atoms with E-state index >= 15 is 0 Å². The van der Waals surface area contributed by atoms with Gasteiger partial charge in [-0.1, -0.05) is 54.1 Å². The van der Waals surface area contributed by atoms with Crippen LogP contribution in [0.4, 0.5) is 0 Å². The maximum Gasteiger partial charge on any atom is 0.274 e. The first-order chi connectivity index (χ1) is 14.6. The Bertz CT molecular complexity index is 1260. The van der Waals surface area contributed by atoms with Crippen molar-refractivity contribution in [1.29, 1.82) is 0 Å². The maximum absolute atomic E-state index is 12.9. The topological polar surface area (TPSA) is 76.9 Å².